The van der Waals surface area contributed by atoms with Crippen molar-refractivity contribution in [3.05, 3.63) is 118 Å². The van der Waals surface area contributed by atoms with Gasteiger partial charge in [-0.05, 0) is 78.8 Å². The summed E-state index contributed by atoms with van der Waals surface area (Å²) in [5.41, 5.74) is 3.55. The number of nitrogens with zero attached hydrogens (tertiary/aromatic N) is 3. The average Bonchev–Trinajstić information content (AvgIpc) is 3.37. The highest BCUT2D eigenvalue weighted by atomic mass is 35.5. The monoisotopic (exact) mass is 614 g/mol. The fraction of sp³-hybridized carbons (Fsp3) is 0.212. The number of hydrogen-bond acceptors (Lipinski definition) is 5. The largest absolute Gasteiger partial charge is 0.349 e. The van der Waals surface area contributed by atoms with E-state index in [2.05, 4.69) is 33.5 Å². The predicted molar refractivity (Wildman–Crippen MR) is 169 cm³/mol. The Balaban J connectivity index is 1.24. The molecular formula is C33H28Cl2N4O2S. The lowest BCUT2D eigenvalue weighted by atomic mass is 9.89. The summed E-state index contributed by atoms with van der Waals surface area (Å²) in [6.07, 6.45) is 8.12. The van der Waals surface area contributed by atoms with Gasteiger partial charge in [0.05, 0.1) is 10.6 Å². The molecule has 6 rings (SSSR count). The van der Waals surface area contributed by atoms with Gasteiger partial charge in [0.25, 0.3) is 11.8 Å². The van der Waals surface area contributed by atoms with Crippen LogP contribution in [0.5, 0.6) is 0 Å². The van der Waals surface area contributed by atoms with E-state index in [0.29, 0.717) is 22.0 Å². The predicted octanol–water partition coefficient (Wildman–Crippen LogP) is 8.05. The lowest BCUT2D eigenvalue weighted by Gasteiger charge is -2.37. The van der Waals surface area contributed by atoms with E-state index in [1.807, 2.05) is 47.4 Å². The third-order valence-corrected chi connectivity index (χ3v) is 9.72. The first-order chi connectivity index (χ1) is 20.5. The number of thiophene rings is 1. The summed E-state index contributed by atoms with van der Waals surface area (Å²) in [6.45, 7) is 0.454. The van der Waals surface area contributed by atoms with Crippen molar-refractivity contribution < 1.29 is 9.59 Å². The minimum atomic E-state index is -0.227. The van der Waals surface area contributed by atoms with Gasteiger partial charge in [-0.2, -0.15) is 0 Å². The lowest BCUT2D eigenvalue weighted by molar-refractivity contribution is 0.0597. The summed E-state index contributed by atoms with van der Waals surface area (Å²) < 4.78 is 0.992. The van der Waals surface area contributed by atoms with E-state index in [1.165, 1.54) is 11.3 Å². The first-order valence-corrected chi connectivity index (χ1v) is 15.4. The number of carbonyl (C=O) groups is 2. The van der Waals surface area contributed by atoms with Crippen LogP contribution in [0, 0.1) is 0 Å². The molecule has 212 valence electrons. The van der Waals surface area contributed by atoms with Crippen LogP contribution in [0.4, 0.5) is 0 Å². The van der Waals surface area contributed by atoms with Crippen LogP contribution in [0.3, 0.4) is 0 Å². The molecular weight excluding hydrogens is 587 g/mol. The zero-order valence-corrected chi connectivity index (χ0v) is 25.0. The molecule has 0 atom stereocenters. The highest BCUT2D eigenvalue weighted by Gasteiger charge is 2.32. The van der Waals surface area contributed by atoms with Gasteiger partial charge in [0.1, 0.15) is 10.0 Å². The molecule has 0 radical (unpaired) electrons. The van der Waals surface area contributed by atoms with Gasteiger partial charge in [0, 0.05) is 47.3 Å². The summed E-state index contributed by atoms with van der Waals surface area (Å²) >= 11 is 14.4. The first kappa shape index (κ1) is 28.3. The van der Waals surface area contributed by atoms with Gasteiger partial charge in [-0.1, -0.05) is 59.6 Å². The number of halogens is 2. The highest BCUT2D eigenvalue weighted by molar-refractivity contribution is 7.21. The fourth-order valence-electron chi connectivity index (χ4n) is 5.59. The molecule has 2 amide bonds. The van der Waals surface area contributed by atoms with E-state index in [-0.39, 0.29) is 29.1 Å². The molecule has 3 heterocycles. The fourth-order valence-corrected chi connectivity index (χ4v) is 7.26. The molecule has 1 saturated carbocycles. The van der Waals surface area contributed by atoms with Gasteiger partial charge in [-0.3, -0.25) is 14.6 Å². The Bertz CT molecular complexity index is 1730. The normalized spacial score (nSPS) is 16.7. The second-order valence-corrected chi connectivity index (χ2v) is 12.2. The van der Waals surface area contributed by atoms with Crippen LogP contribution in [-0.4, -0.2) is 38.8 Å². The maximum Gasteiger partial charge on any atom is 0.266 e. The molecule has 0 spiro atoms. The second-order valence-electron chi connectivity index (χ2n) is 10.4. The van der Waals surface area contributed by atoms with Crippen LogP contribution < -0.4 is 5.32 Å². The van der Waals surface area contributed by atoms with Gasteiger partial charge in [0.2, 0.25) is 0 Å². The molecule has 1 aliphatic rings. The lowest BCUT2D eigenvalue weighted by Crippen LogP contribution is -2.46. The summed E-state index contributed by atoms with van der Waals surface area (Å²) in [4.78, 5) is 37.7. The number of pyridine rings is 2. The maximum atomic E-state index is 14.2. The maximum absolute atomic E-state index is 14.2. The van der Waals surface area contributed by atoms with Gasteiger partial charge in [0.15, 0.2) is 0 Å². The molecule has 3 aromatic heterocycles. The summed E-state index contributed by atoms with van der Waals surface area (Å²) in [6, 6.07) is 23.4. The van der Waals surface area contributed by atoms with Crippen molar-refractivity contribution in [1.29, 1.82) is 0 Å². The van der Waals surface area contributed by atoms with Crippen molar-refractivity contribution >= 4 is 56.4 Å². The number of benzene rings is 2. The topological polar surface area (TPSA) is 75.2 Å². The number of nitrogens with one attached hydrogen (secondary N) is 1. The van der Waals surface area contributed by atoms with E-state index in [0.717, 1.165) is 52.5 Å². The Morgan fingerprint density at radius 3 is 2.43 bits per heavy atom. The molecule has 1 fully saturated rings. The van der Waals surface area contributed by atoms with Crippen molar-refractivity contribution in [3.8, 4) is 11.1 Å². The minimum Gasteiger partial charge on any atom is -0.349 e. The molecule has 0 saturated heterocycles. The van der Waals surface area contributed by atoms with Gasteiger partial charge < -0.3 is 10.2 Å². The van der Waals surface area contributed by atoms with Crippen LogP contribution >= 0.6 is 34.5 Å². The zero-order valence-electron chi connectivity index (χ0n) is 22.7. The summed E-state index contributed by atoms with van der Waals surface area (Å²) in [7, 11) is 0. The molecule has 9 heteroatoms. The molecule has 0 aliphatic heterocycles. The number of fused-ring (bicyclic) bond motifs is 1. The van der Waals surface area contributed by atoms with Gasteiger partial charge in [-0.25, -0.2) is 4.98 Å². The third kappa shape index (κ3) is 6.04. The zero-order chi connectivity index (χ0) is 29.1. The smallest absolute Gasteiger partial charge is 0.266 e. The summed E-state index contributed by atoms with van der Waals surface area (Å²) in [5.74, 6) is -0.292. The standard InChI is InChI=1S/C33H28Cl2N4O2S/c34-29-26-7-1-2-9-28(26)42-30(29)33(41)39(20-21-5-3-6-23(19-21)22-14-17-36-18-15-22)25-12-10-24(11-13-25)38-32(40)27-8-4-16-37-31(27)35/h1-9,14-19,24-25H,10-13,20H2,(H,38,40). The first-order valence-electron chi connectivity index (χ1n) is 13.9. The van der Waals surface area contributed by atoms with Crippen LogP contribution in [-0.2, 0) is 6.54 Å². The Labute approximate surface area is 258 Å². The van der Waals surface area contributed by atoms with E-state index in [1.54, 1.807) is 30.7 Å². The number of hydrogen-bond donors (Lipinski definition) is 1. The van der Waals surface area contributed by atoms with Crippen LogP contribution in [0.2, 0.25) is 10.2 Å². The molecule has 2 aromatic carbocycles. The Morgan fingerprint density at radius 2 is 1.67 bits per heavy atom. The number of rotatable bonds is 7. The van der Waals surface area contributed by atoms with Gasteiger partial charge >= 0.3 is 0 Å². The molecule has 5 aromatic rings. The molecule has 1 aliphatic carbocycles. The molecule has 6 nitrogen and oxygen atoms in total. The van der Waals surface area contributed by atoms with Crippen LogP contribution in [0.1, 0.15) is 51.3 Å². The van der Waals surface area contributed by atoms with Crippen molar-refractivity contribution in [2.75, 3.05) is 0 Å². The van der Waals surface area contributed by atoms with Gasteiger partial charge in [-0.15, -0.1) is 11.3 Å². The Hall–Kier alpha value is -3.78. The quantitative estimate of drug-likeness (QED) is 0.188. The van der Waals surface area contributed by atoms with Crippen LogP contribution in [0.25, 0.3) is 21.2 Å². The molecule has 0 unspecified atom stereocenters. The molecule has 42 heavy (non-hydrogen) atoms. The SMILES string of the molecule is O=C(NC1CCC(N(Cc2cccc(-c3ccncc3)c2)C(=O)c2sc3ccccc3c2Cl)CC1)c1cccnc1Cl. The second kappa shape index (κ2) is 12.6. The number of carbonyl (C=O) groups excluding carboxylic acids is 2. The minimum absolute atomic E-state index is 0.00140. The van der Waals surface area contributed by atoms with E-state index in [9.17, 15) is 9.59 Å². The third-order valence-electron chi connectivity index (χ3n) is 7.76. The van der Waals surface area contributed by atoms with Crippen molar-refractivity contribution in [3.63, 3.8) is 0 Å². The summed E-state index contributed by atoms with van der Waals surface area (Å²) in [5, 5.41) is 4.70. The van der Waals surface area contributed by atoms with Crippen molar-refractivity contribution in [2.45, 2.75) is 44.3 Å². The molecule has 1 N–H and O–H groups in total. The van der Waals surface area contributed by atoms with E-state index < -0.39 is 0 Å². The molecule has 0 bridgehead atoms. The van der Waals surface area contributed by atoms with E-state index >= 15 is 0 Å². The van der Waals surface area contributed by atoms with Crippen molar-refractivity contribution in [1.82, 2.24) is 20.2 Å². The Kier molecular flexibility index (Phi) is 8.51. The number of amides is 2. The van der Waals surface area contributed by atoms with Crippen molar-refractivity contribution in [2.24, 2.45) is 0 Å². The van der Waals surface area contributed by atoms with Crippen LogP contribution in [0.15, 0.2) is 91.4 Å². The van der Waals surface area contributed by atoms with E-state index in [4.69, 9.17) is 23.2 Å². The highest BCUT2D eigenvalue weighted by Crippen LogP contribution is 2.37. The average molecular weight is 616 g/mol. The Morgan fingerprint density at radius 1 is 0.881 bits per heavy atom. The number of aromatic nitrogens is 2.